The zero-order valence-corrected chi connectivity index (χ0v) is 11.0. The molecule has 1 amide bonds. The Bertz CT molecular complexity index is 604. The minimum Gasteiger partial charge on any atom is -0.497 e. The van der Waals surface area contributed by atoms with E-state index in [1.807, 2.05) is 0 Å². The third-order valence-corrected chi connectivity index (χ3v) is 2.59. The summed E-state index contributed by atoms with van der Waals surface area (Å²) in [4.78, 5) is 15.7. The number of aromatic nitrogens is 1. The van der Waals surface area contributed by atoms with Gasteiger partial charge in [0.15, 0.2) is 0 Å². The highest BCUT2D eigenvalue weighted by Gasteiger charge is 1.98. The Balaban J connectivity index is 1.96. The number of hydrogen-bond donors (Lipinski definition) is 2. The molecule has 1 aromatic heterocycles. The Kier molecular flexibility index (Phi) is 4.34. The summed E-state index contributed by atoms with van der Waals surface area (Å²) in [6.07, 6.45) is 4.72. The lowest BCUT2D eigenvalue weighted by atomic mass is 10.2. The number of nitrogens with zero attached hydrogens (tertiary/aromatic N) is 1. The average molecular weight is 269 g/mol. The fourth-order valence-electron chi connectivity index (χ4n) is 1.55. The minimum absolute atomic E-state index is 0.216. The maximum Gasteiger partial charge on any atom is 0.248 e. The van der Waals surface area contributed by atoms with E-state index in [9.17, 15) is 4.79 Å². The molecule has 0 aliphatic heterocycles. The van der Waals surface area contributed by atoms with E-state index in [1.165, 1.54) is 6.08 Å². The highest BCUT2D eigenvalue weighted by molar-refractivity contribution is 6.01. The average Bonchev–Trinajstić information content (AvgIpc) is 2.47. The summed E-state index contributed by atoms with van der Waals surface area (Å²) in [5, 5.41) is 2.75. The maximum absolute atomic E-state index is 11.7. The molecule has 3 N–H and O–H groups in total. The molecule has 102 valence electrons. The lowest BCUT2D eigenvalue weighted by Gasteiger charge is -2.03. The molecule has 0 aliphatic rings. The van der Waals surface area contributed by atoms with E-state index in [4.69, 9.17) is 10.5 Å². The van der Waals surface area contributed by atoms with Crippen molar-refractivity contribution in [1.82, 2.24) is 4.98 Å². The Morgan fingerprint density at radius 3 is 2.60 bits per heavy atom. The van der Waals surface area contributed by atoms with Crippen LogP contribution in [0.15, 0.2) is 48.7 Å². The number of pyridine rings is 1. The van der Waals surface area contributed by atoms with Gasteiger partial charge in [0.25, 0.3) is 0 Å². The first kappa shape index (κ1) is 13.6. The molecule has 0 saturated carbocycles. The van der Waals surface area contributed by atoms with Crippen LogP contribution >= 0.6 is 0 Å². The normalized spacial score (nSPS) is 10.4. The number of carbonyl (C=O) groups is 1. The number of nitrogens with one attached hydrogen (secondary N) is 1. The first-order chi connectivity index (χ1) is 9.67. The predicted octanol–water partition coefficient (Wildman–Crippen LogP) is 2.32. The third-order valence-electron chi connectivity index (χ3n) is 2.59. The molecule has 0 atom stereocenters. The monoisotopic (exact) mass is 269 g/mol. The molecular formula is C15H15N3O2. The Hall–Kier alpha value is -2.82. The van der Waals surface area contributed by atoms with Crippen LogP contribution in [0.1, 0.15) is 5.56 Å². The first-order valence-corrected chi connectivity index (χ1v) is 6.02. The highest BCUT2D eigenvalue weighted by atomic mass is 16.5. The van der Waals surface area contributed by atoms with Crippen molar-refractivity contribution in [2.24, 2.45) is 0 Å². The number of hydrogen-bond acceptors (Lipinski definition) is 4. The second-order valence-electron chi connectivity index (χ2n) is 4.07. The number of benzene rings is 1. The molecule has 5 nitrogen and oxygen atoms in total. The molecule has 0 bridgehead atoms. The topological polar surface area (TPSA) is 77.2 Å². The van der Waals surface area contributed by atoms with E-state index in [2.05, 4.69) is 10.3 Å². The summed E-state index contributed by atoms with van der Waals surface area (Å²) in [5.41, 5.74) is 7.00. The SMILES string of the molecule is COc1ccc(NC(=O)/C=C/c2ccc(N)nc2)cc1. The van der Waals surface area contributed by atoms with Crippen molar-refractivity contribution < 1.29 is 9.53 Å². The Labute approximate surface area is 117 Å². The van der Waals surface area contributed by atoms with Crippen molar-refractivity contribution in [2.45, 2.75) is 0 Å². The molecule has 0 aliphatic carbocycles. The number of methoxy groups -OCH3 is 1. The molecule has 2 aromatic rings. The van der Waals surface area contributed by atoms with Crippen molar-refractivity contribution in [1.29, 1.82) is 0 Å². The van der Waals surface area contributed by atoms with E-state index in [1.54, 1.807) is 55.8 Å². The zero-order valence-electron chi connectivity index (χ0n) is 11.0. The highest BCUT2D eigenvalue weighted by Crippen LogP contribution is 2.15. The quantitative estimate of drug-likeness (QED) is 0.835. The van der Waals surface area contributed by atoms with Gasteiger partial charge in [0.05, 0.1) is 7.11 Å². The molecule has 1 aromatic carbocycles. The van der Waals surface area contributed by atoms with Crippen molar-refractivity contribution in [2.75, 3.05) is 18.2 Å². The van der Waals surface area contributed by atoms with Crippen LogP contribution in [0.25, 0.3) is 6.08 Å². The Morgan fingerprint density at radius 2 is 2.00 bits per heavy atom. The summed E-state index contributed by atoms with van der Waals surface area (Å²) in [6.45, 7) is 0. The Morgan fingerprint density at radius 1 is 1.25 bits per heavy atom. The van der Waals surface area contributed by atoms with Gasteiger partial charge in [0, 0.05) is 18.0 Å². The van der Waals surface area contributed by atoms with Gasteiger partial charge in [0.2, 0.25) is 5.91 Å². The van der Waals surface area contributed by atoms with E-state index >= 15 is 0 Å². The summed E-state index contributed by atoms with van der Waals surface area (Å²) >= 11 is 0. The second kappa shape index (κ2) is 6.38. The molecule has 20 heavy (non-hydrogen) atoms. The van der Waals surface area contributed by atoms with Gasteiger partial charge in [-0.25, -0.2) is 4.98 Å². The van der Waals surface area contributed by atoms with Crippen LogP contribution in [-0.2, 0) is 4.79 Å². The largest absolute Gasteiger partial charge is 0.497 e. The first-order valence-electron chi connectivity index (χ1n) is 6.02. The standard InChI is InChI=1S/C15H15N3O2/c1-20-13-6-4-12(5-7-13)18-15(19)9-3-11-2-8-14(16)17-10-11/h2-10H,1H3,(H2,16,17)(H,18,19)/b9-3+. The fourth-order valence-corrected chi connectivity index (χ4v) is 1.55. The molecule has 0 saturated heterocycles. The number of nitrogens with two attached hydrogens (primary N) is 1. The van der Waals surface area contributed by atoms with Crippen molar-refractivity contribution in [3.8, 4) is 5.75 Å². The van der Waals surface area contributed by atoms with Crippen LogP contribution in [0.4, 0.5) is 11.5 Å². The van der Waals surface area contributed by atoms with E-state index in [0.717, 1.165) is 11.3 Å². The third kappa shape index (κ3) is 3.84. The smallest absolute Gasteiger partial charge is 0.248 e. The molecule has 0 spiro atoms. The number of anilines is 2. The molecule has 0 radical (unpaired) electrons. The van der Waals surface area contributed by atoms with Crippen LogP contribution in [0.3, 0.4) is 0 Å². The molecular weight excluding hydrogens is 254 g/mol. The van der Waals surface area contributed by atoms with E-state index in [-0.39, 0.29) is 5.91 Å². The van der Waals surface area contributed by atoms with Crippen molar-refractivity contribution in [3.63, 3.8) is 0 Å². The molecule has 0 fully saturated rings. The fraction of sp³-hybridized carbons (Fsp3) is 0.0667. The summed E-state index contributed by atoms with van der Waals surface area (Å²) in [6, 6.07) is 10.6. The second-order valence-corrected chi connectivity index (χ2v) is 4.07. The van der Waals surface area contributed by atoms with Gasteiger partial charge in [-0.15, -0.1) is 0 Å². The van der Waals surface area contributed by atoms with Gasteiger partial charge < -0.3 is 15.8 Å². The number of nitrogen functional groups attached to an aromatic ring is 1. The van der Waals surface area contributed by atoms with Crippen LogP contribution < -0.4 is 15.8 Å². The lowest BCUT2D eigenvalue weighted by Crippen LogP contribution is -2.07. The number of carbonyl (C=O) groups excluding carboxylic acids is 1. The van der Waals surface area contributed by atoms with Gasteiger partial charge >= 0.3 is 0 Å². The number of rotatable bonds is 4. The zero-order chi connectivity index (χ0) is 14.4. The van der Waals surface area contributed by atoms with Crippen LogP contribution in [0, 0.1) is 0 Å². The predicted molar refractivity (Wildman–Crippen MR) is 79.3 cm³/mol. The maximum atomic E-state index is 11.7. The lowest BCUT2D eigenvalue weighted by molar-refractivity contribution is -0.111. The molecule has 0 unspecified atom stereocenters. The minimum atomic E-state index is -0.216. The van der Waals surface area contributed by atoms with Gasteiger partial charge in [0.1, 0.15) is 11.6 Å². The summed E-state index contributed by atoms with van der Waals surface area (Å²) in [7, 11) is 1.59. The van der Waals surface area contributed by atoms with Crippen LogP contribution in [-0.4, -0.2) is 18.0 Å². The molecule has 1 heterocycles. The summed E-state index contributed by atoms with van der Waals surface area (Å²) in [5.74, 6) is 0.975. The van der Waals surface area contributed by atoms with E-state index in [0.29, 0.717) is 11.5 Å². The van der Waals surface area contributed by atoms with Gasteiger partial charge in [-0.2, -0.15) is 0 Å². The number of ether oxygens (including phenoxy) is 1. The van der Waals surface area contributed by atoms with Gasteiger partial charge in [-0.05, 0) is 48.0 Å². The molecule has 2 rings (SSSR count). The van der Waals surface area contributed by atoms with Gasteiger partial charge in [-0.1, -0.05) is 0 Å². The van der Waals surface area contributed by atoms with Crippen molar-refractivity contribution >= 4 is 23.5 Å². The van der Waals surface area contributed by atoms with Crippen molar-refractivity contribution in [3.05, 3.63) is 54.2 Å². The van der Waals surface area contributed by atoms with Crippen LogP contribution in [0.2, 0.25) is 0 Å². The summed E-state index contributed by atoms with van der Waals surface area (Å²) < 4.78 is 5.05. The van der Waals surface area contributed by atoms with E-state index < -0.39 is 0 Å². The van der Waals surface area contributed by atoms with Gasteiger partial charge in [-0.3, -0.25) is 4.79 Å². The number of amides is 1. The van der Waals surface area contributed by atoms with Crippen LogP contribution in [0.5, 0.6) is 5.75 Å². The molecule has 5 heteroatoms.